The van der Waals surface area contributed by atoms with Gasteiger partial charge in [-0.15, -0.1) is 0 Å². The van der Waals surface area contributed by atoms with Gasteiger partial charge in [-0.05, 0) is 70.0 Å². The van der Waals surface area contributed by atoms with E-state index in [1.54, 1.807) is 12.4 Å². The lowest BCUT2D eigenvalue weighted by molar-refractivity contribution is -0.142. The number of nitrogens with zero attached hydrogens (tertiary/aromatic N) is 3. The van der Waals surface area contributed by atoms with Gasteiger partial charge in [0.15, 0.2) is 0 Å². The van der Waals surface area contributed by atoms with Crippen molar-refractivity contribution in [3.63, 3.8) is 0 Å². The Hall–Kier alpha value is -2.67. The number of carbonyl (C=O) groups excluding carboxylic acids is 2. The van der Waals surface area contributed by atoms with Gasteiger partial charge < -0.3 is 20.1 Å². The summed E-state index contributed by atoms with van der Waals surface area (Å²) in [5.41, 5.74) is 1.13. The number of amides is 2. The van der Waals surface area contributed by atoms with Gasteiger partial charge in [-0.3, -0.25) is 14.6 Å². The Balaban J connectivity index is 1.44. The van der Waals surface area contributed by atoms with E-state index >= 15 is 0 Å². The van der Waals surface area contributed by atoms with Gasteiger partial charge in [0, 0.05) is 37.7 Å². The third-order valence-corrected chi connectivity index (χ3v) is 6.62. The fraction of sp³-hybridized carbons (Fsp3) is 0.522. The maximum atomic E-state index is 13.4. The number of fused-ring (bicyclic) bond motifs is 1. The molecule has 2 aromatic heterocycles. The second-order valence-corrected chi connectivity index (χ2v) is 8.55. The lowest BCUT2D eigenvalue weighted by Gasteiger charge is -2.53. The van der Waals surface area contributed by atoms with Crippen LogP contribution in [0.5, 0.6) is 0 Å². The van der Waals surface area contributed by atoms with Crippen LogP contribution in [0.15, 0.2) is 42.7 Å². The molecule has 160 valence electrons. The largest absolute Gasteiger partial charge is 0.357 e. The van der Waals surface area contributed by atoms with Crippen LogP contribution in [-0.2, 0) is 11.2 Å². The Labute approximate surface area is 177 Å². The molecule has 2 N–H and O–H groups in total. The molecule has 2 fully saturated rings. The molecule has 2 amide bonds. The summed E-state index contributed by atoms with van der Waals surface area (Å²) in [6.45, 7) is 2.94. The number of hydrogen-bond donors (Lipinski definition) is 2. The zero-order valence-electron chi connectivity index (χ0n) is 17.6. The highest BCUT2D eigenvalue weighted by Crippen LogP contribution is 2.43. The van der Waals surface area contributed by atoms with Crippen molar-refractivity contribution >= 4 is 11.8 Å². The van der Waals surface area contributed by atoms with Crippen molar-refractivity contribution in [3.05, 3.63) is 54.1 Å². The molecule has 0 bridgehead atoms. The number of carbonyl (C=O) groups is 2. The van der Waals surface area contributed by atoms with Crippen molar-refractivity contribution in [2.45, 2.75) is 38.1 Å². The number of piperidine rings is 2. The third kappa shape index (κ3) is 4.12. The van der Waals surface area contributed by atoms with Crippen molar-refractivity contribution in [1.29, 1.82) is 0 Å². The summed E-state index contributed by atoms with van der Waals surface area (Å²) in [5.74, 6) is 0.0953. The van der Waals surface area contributed by atoms with E-state index in [-0.39, 0.29) is 17.9 Å². The fourth-order valence-electron chi connectivity index (χ4n) is 4.96. The number of aromatic nitrogens is 2. The molecule has 7 heteroatoms. The minimum absolute atomic E-state index is 0.00710. The summed E-state index contributed by atoms with van der Waals surface area (Å²) in [7, 11) is 2.07. The van der Waals surface area contributed by atoms with Crippen LogP contribution in [0.1, 0.15) is 41.9 Å². The number of aryl methyl sites for hydroxylation is 1. The molecule has 0 spiro atoms. The molecule has 0 radical (unpaired) electrons. The zero-order chi connectivity index (χ0) is 21.0. The standard InChI is InChI=1S/C23H31N5O2/c1-27-16-11-23(22(30)26-14-4-8-18-7-2-3-12-24-18)10-6-15-28(20(23)17-27)21(29)19-9-5-13-25-19/h2-3,5,7,9,12-13,20,25H,4,6,8,10-11,14-17H2,1H3,(H,26,30)/t20-,23+/m0/s1. The van der Waals surface area contributed by atoms with Crippen molar-refractivity contribution in [3.8, 4) is 0 Å². The van der Waals surface area contributed by atoms with Crippen LogP contribution in [-0.4, -0.2) is 70.9 Å². The normalized spacial score (nSPS) is 24.3. The van der Waals surface area contributed by atoms with Crippen LogP contribution in [0.2, 0.25) is 0 Å². The van der Waals surface area contributed by atoms with E-state index in [1.807, 2.05) is 35.2 Å². The Morgan fingerprint density at radius 1 is 1.23 bits per heavy atom. The number of hydrogen-bond acceptors (Lipinski definition) is 4. The number of nitrogens with one attached hydrogen (secondary N) is 2. The van der Waals surface area contributed by atoms with Crippen molar-refractivity contribution < 1.29 is 9.59 Å². The first kappa shape index (κ1) is 20.6. The van der Waals surface area contributed by atoms with Gasteiger partial charge in [-0.25, -0.2) is 0 Å². The molecule has 2 aromatic rings. The van der Waals surface area contributed by atoms with Gasteiger partial charge in [0.05, 0.1) is 11.5 Å². The van der Waals surface area contributed by atoms with E-state index in [0.717, 1.165) is 50.9 Å². The van der Waals surface area contributed by atoms with E-state index < -0.39 is 5.41 Å². The number of pyridine rings is 1. The summed E-state index contributed by atoms with van der Waals surface area (Å²) in [5, 5.41) is 3.19. The Bertz CT molecular complexity index is 854. The van der Waals surface area contributed by atoms with Gasteiger partial charge in [0.2, 0.25) is 5.91 Å². The first-order chi connectivity index (χ1) is 14.6. The minimum Gasteiger partial charge on any atom is -0.357 e. The molecule has 0 aliphatic carbocycles. The zero-order valence-corrected chi connectivity index (χ0v) is 17.6. The van der Waals surface area contributed by atoms with Crippen LogP contribution in [0.3, 0.4) is 0 Å². The highest BCUT2D eigenvalue weighted by Gasteiger charge is 2.53. The first-order valence-electron chi connectivity index (χ1n) is 10.9. The topological polar surface area (TPSA) is 81.3 Å². The molecule has 2 aliphatic heterocycles. The van der Waals surface area contributed by atoms with Crippen molar-refractivity contribution in [2.75, 3.05) is 33.2 Å². The molecule has 30 heavy (non-hydrogen) atoms. The first-order valence-corrected chi connectivity index (χ1v) is 10.9. The lowest BCUT2D eigenvalue weighted by Crippen LogP contribution is -2.66. The Kier molecular flexibility index (Phi) is 6.18. The molecule has 4 heterocycles. The van der Waals surface area contributed by atoms with Gasteiger partial charge in [-0.1, -0.05) is 6.07 Å². The molecule has 0 saturated carbocycles. The maximum absolute atomic E-state index is 13.4. The van der Waals surface area contributed by atoms with E-state index in [1.165, 1.54) is 0 Å². The fourth-order valence-corrected chi connectivity index (χ4v) is 4.96. The van der Waals surface area contributed by atoms with E-state index in [0.29, 0.717) is 18.8 Å². The quantitative estimate of drug-likeness (QED) is 0.716. The van der Waals surface area contributed by atoms with Crippen LogP contribution in [0.4, 0.5) is 0 Å². The minimum atomic E-state index is -0.502. The molecule has 2 saturated heterocycles. The molecule has 2 aliphatic rings. The summed E-state index contributed by atoms with van der Waals surface area (Å²) in [6.07, 6.45) is 7.75. The summed E-state index contributed by atoms with van der Waals surface area (Å²) in [6, 6.07) is 9.46. The monoisotopic (exact) mass is 409 g/mol. The number of aromatic amines is 1. The molecule has 0 aromatic carbocycles. The summed E-state index contributed by atoms with van der Waals surface area (Å²) in [4.78, 5) is 38.1. The predicted molar refractivity (Wildman–Crippen MR) is 115 cm³/mol. The van der Waals surface area contributed by atoms with Gasteiger partial charge in [0.1, 0.15) is 5.69 Å². The van der Waals surface area contributed by atoms with Gasteiger partial charge >= 0.3 is 0 Å². The average molecular weight is 410 g/mol. The van der Waals surface area contributed by atoms with Crippen LogP contribution >= 0.6 is 0 Å². The molecular weight excluding hydrogens is 378 g/mol. The van der Waals surface area contributed by atoms with Crippen LogP contribution in [0, 0.1) is 5.41 Å². The second kappa shape index (κ2) is 9.00. The molecule has 4 rings (SSSR count). The molecular formula is C23H31N5O2. The van der Waals surface area contributed by atoms with E-state index in [4.69, 9.17) is 0 Å². The predicted octanol–water partition coefficient (Wildman–Crippen LogP) is 2.09. The molecule has 2 atom stereocenters. The highest BCUT2D eigenvalue weighted by molar-refractivity contribution is 5.94. The van der Waals surface area contributed by atoms with Gasteiger partial charge in [-0.2, -0.15) is 0 Å². The van der Waals surface area contributed by atoms with Crippen LogP contribution < -0.4 is 5.32 Å². The number of likely N-dealkylation sites (N-methyl/N-ethyl adjacent to an activating group) is 1. The Morgan fingerprint density at radius 2 is 2.13 bits per heavy atom. The molecule has 7 nitrogen and oxygen atoms in total. The average Bonchev–Trinajstić information content (AvgIpc) is 3.31. The smallest absolute Gasteiger partial charge is 0.270 e. The van der Waals surface area contributed by atoms with Crippen LogP contribution in [0.25, 0.3) is 0 Å². The number of likely N-dealkylation sites (tertiary alicyclic amines) is 2. The SMILES string of the molecule is CN1CC[C@]2(C(=O)NCCCc3ccccn3)CCCN(C(=O)c3ccc[nH]3)[C@H]2C1. The van der Waals surface area contributed by atoms with Gasteiger partial charge in [0.25, 0.3) is 5.91 Å². The van der Waals surface area contributed by atoms with E-state index in [2.05, 4.69) is 27.2 Å². The lowest BCUT2D eigenvalue weighted by atomic mass is 9.67. The maximum Gasteiger partial charge on any atom is 0.270 e. The summed E-state index contributed by atoms with van der Waals surface area (Å²) < 4.78 is 0. The Morgan fingerprint density at radius 3 is 2.90 bits per heavy atom. The van der Waals surface area contributed by atoms with E-state index in [9.17, 15) is 9.59 Å². The summed E-state index contributed by atoms with van der Waals surface area (Å²) >= 11 is 0. The second-order valence-electron chi connectivity index (χ2n) is 8.55. The van der Waals surface area contributed by atoms with Crippen molar-refractivity contribution in [1.82, 2.24) is 25.1 Å². The number of rotatable bonds is 6. The third-order valence-electron chi connectivity index (χ3n) is 6.62. The van der Waals surface area contributed by atoms with Crippen molar-refractivity contribution in [2.24, 2.45) is 5.41 Å². The highest BCUT2D eigenvalue weighted by atomic mass is 16.2. The molecule has 0 unspecified atom stereocenters. The number of H-pyrrole nitrogens is 1.